The Morgan fingerprint density at radius 2 is 1.89 bits per heavy atom. The molecule has 1 fully saturated rings. The number of nitrogens with zero attached hydrogens (tertiary/aromatic N) is 1. The lowest BCUT2D eigenvalue weighted by Gasteiger charge is -2.33. The Morgan fingerprint density at radius 1 is 1.32 bits per heavy atom. The van der Waals surface area contributed by atoms with Gasteiger partial charge < -0.3 is 9.47 Å². The molecule has 0 radical (unpaired) electrons. The van der Waals surface area contributed by atoms with Crippen LogP contribution in [0.3, 0.4) is 0 Å². The van der Waals surface area contributed by atoms with Crippen molar-refractivity contribution in [2.45, 2.75) is 18.6 Å². The maximum absolute atomic E-state index is 12.5. The maximum Gasteiger partial charge on any atom is 0.258 e. The lowest BCUT2D eigenvalue weighted by atomic mass is 9.90. The Balaban J connectivity index is 2.36. The number of hydrogen-bond acceptors (Lipinski definition) is 4. The van der Waals surface area contributed by atoms with E-state index >= 15 is 0 Å². The molecule has 19 heavy (non-hydrogen) atoms. The van der Waals surface area contributed by atoms with Gasteiger partial charge in [0.1, 0.15) is 5.92 Å². The van der Waals surface area contributed by atoms with E-state index in [0.29, 0.717) is 13.2 Å². The van der Waals surface area contributed by atoms with Crippen LogP contribution in [0.1, 0.15) is 18.4 Å². The average Bonchev–Trinajstić information content (AvgIpc) is 2.86. The first-order chi connectivity index (χ1) is 9.08. The van der Waals surface area contributed by atoms with E-state index < -0.39 is 11.7 Å². The molecule has 2 rings (SSSR count). The molecule has 0 N–H and O–H groups in total. The molecule has 0 bridgehead atoms. The van der Waals surface area contributed by atoms with Crippen LogP contribution >= 0.6 is 0 Å². The van der Waals surface area contributed by atoms with E-state index in [4.69, 9.17) is 14.3 Å². The number of likely N-dealkylation sites (N-methyl/N-ethyl adjacent to an activating group) is 1. The van der Waals surface area contributed by atoms with E-state index in [9.17, 15) is 4.79 Å². The minimum Gasteiger partial charge on any atom is -0.347 e. The number of hydroxylamine groups is 2. The van der Waals surface area contributed by atoms with Gasteiger partial charge in [-0.25, -0.2) is 5.06 Å². The summed E-state index contributed by atoms with van der Waals surface area (Å²) in [7, 11) is 3.04. The third-order valence-electron chi connectivity index (χ3n) is 3.35. The average molecular weight is 265 g/mol. The summed E-state index contributed by atoms with van der Waals surface area (Å²) < 4.78 is 11.3. The van der Waals surface area contributed by atoms with E-state index in [1.807, 2.05) is 30.3 Å². The highest BCUT2D eigenvalue weighted by Crippen LogP contribution is 2.36. The van der Waals surface area contributed by atoms with Crippen LogP contribution in [0.2, 0.25) is 0 Å². The molecule has 1 aromatic carbocycles. The van der Waals surface area contributed by atoms with Crippen molar-refractivity contribution in [3.63, 3.8) is 0 Å². The van der Waals surface area contributed by atoms with Crippen molar-refractivity contribution in [2.24, 2.45) is 0 Å². The summed E-state index contributed by atoms with van der Waals surface area (Å²) in [4.78, 5) is 17.5. The lowest BCUT2D eigenvalue weighted by Crippen LogP contribution is -2.44. The Labute approximate surface area is 113 Å². The zero-order valence-electron chi connectivity index (χ0n) is 11.5. The number of hydrogen-bond donors (Lipinski definition) is 0. The summed E-state index contributed by atoms with van der Waals surface area (Å²) in [5.74, 6) is -1.70. The zero-order chi connectivity index (χ0) is 13.9. The Morgan fingerprint density at radius 3 is 2.42 bits per heavy atom. The number of ether oxygens (including phenoxy) is 2. The summed E-state index contributed by atoms with van der Waals surface area (Å²) in [6.07, 6.45) is 0. The van der Waals surface area contributed by atoms with Crippen LogP contribution in [-0.4, -0.2) is 44.1 Å². The van der Waals surface area contributed by atoms with E-state index in [1.165, 1.54) is 12.2 Å². The summed E-state index contributed by atoms with van der Waals surface area (Å²) in [6.45, 7) is 2.77. The molecule has 1 atom stereocenters. The van der Waals surface area contributed by atoms with Crippen molar-refractivity contribution in [1.29, 1.82) is 0 Å². The first kappa shape index (κ1) is 14.0. The smallest absolute Gasteiger partial charge is 0.258 e. The topological polar surface area (TPSA) is 48.0 Å². The molecule has 1 aromatic rings. The van der Waals surface area contributed by atoms with Gasteiger partial charge in [-0.05, 0) is 12.5 Å². The fourth-order valence-corrected chi connectivity index (χ4v) is 2.28. The minimum absolute atomic E-state index is 0.196. The van der Waals surface area contributed by atoms with Gasteiger partial charge in [-0.3, -0.25) is 9.63 Å². The van der Waals surface area contributed by atoms with Crippen molar-refractivity contribution >= 4 is 5.91 Å². The molecule has 0 spiro atoms. The van der Waals surface area contributed by atoms with Crippen LogP contribution in [0.4, 0.5) is 0 Å². The van der Waals surface area contributed by atoms with Gasteiger partial charge in [0.15, 0.2) is 5.79 Å². The van der Waals surface area contributed by atoms with Crippen LogP contribution in [0.25, 0.3) is 0 Å². The third-order valence-corrected chi connectivity index (χ3v) is 3.35. The number of carbonyl (C=O) groups is 1. The Hall–Kier alpha value is -1.43. The minimum atomic E-state index is -0.953. The molecular weight excluding hydrogens is 246 g/mol. The highest BCUT2D eigenvalue weighted by molar-refractivity contribution is 5.83. The standard InChI is InChI=1S/C14H19NO4/c1-14(18-9-10-19-14)12(13(16)15(2)17-3)11-7-5-4-6-8-11/h4-8,12H,9-10H2,1-3H3. The predicted octanol–water partition coefficient (Wildman–Crippen LogP) is 1.55. The predicted molar refractivity (Wildman–Crippen MR) is 69.3 cm³/mol. The third kappa shape index (κ3) is 2.78. The van der Waals surface area contributed by atoms with Gasteiger partial charge in [0.25, 0.3) is 5.91 Å². The first-order valence-corrected chi connectivity index (χ1v) is 6.23. The number of amides is 1. The van der Waals surface area contributed by atoms with Crippen molar-refractivity contribution in [3.05, 3.63) is 35.9 Å². The van der Waals surface area contributed by atoms with E-state index in [-0.39, 0.29) is 5.91 Å². The molecule has 1 aliphatic heterocycles. The first-order valence-electron chi connectivity index (χ1n) is 6.23. The van der Waals surface area contributed by atoms with Crippen molar-refractivity contribution in [2.75, 3.05) is 27.4 Å². The second kappa shape index (κ2) is 5.69. The van der Waals surface area contributed by atoms with Gasteiger partial charge in [0.2, 0.25) is 0 Å². The molecule has 0 aliphatic carbocycles. The van der Waals surface area contributed by atoms with Crippen LogP contribution < -0.4 is 0 Å². The highest BCUT2D eigenvalue weighted by atomic mass is 16.7. The van der Waals surface area contributed by atoms with Gasteiger partial charge in [0.05, 0.1) is 20.3 Å². The number of rotatable bonds is 4. The fourth-order valence-electron chi connectivity index (χ4n) is 2.28. The Bertz CT molecular complexity index is 428. The second-order valence-electron chi connectivity index (χ2n) is 4.57. The van der Waals surface area contributed by atoms with Gasteiger partial charge in [-0.15, -0.1) is 0 Å². The van der Waals surface area contributed by atoms with E-state index in [1.54, 1.807) is 14.0 Å². The van der Waals surface area contributed by atoms with Crippen LogP contribution in [-0.2, 0) is 19.1 Å². The molecule has 0 aromatic heterocycles. The molecular formula is C14H19NO4. The monoisotopic (exact) mass is 265 g/mol. The van der Waals surface area contributed by atoms with Crippen LogP contribution in [0, 0.1) is 0 Å². The van der Waals surface area contributed by atoms with Crippen LogP contribution in [0.15, 0.2) is 30.3 Å². The van der Waals surface area contributed by atoms with Crippen molar-refractivity contribution in [1.82, 2.24) is 5.06 Å². The Kier molecular flexibility index (Phi) is 4.19. The molecule has 1 heterocycles. The van der Waals surface area contributed by atoms with Crippen LogP contribution in [0.5, 0.6) is 0 Å². The van der Waals surface area contributed by atoms with Gasteiger partial charge in [-0.2, -0.15) is 0 Å². The number of carbonyl (C=O) groups excluding carboxylic acids is 1. The van der Waals surface area contributed by atoms with Gasteiger partial charge in [-0.1, -0.05) is 30.3 Å². The largest absolute Gasteiger partial charge is 0.347 e. The lowest BCUT2D eigenvalue weighted by molar-refractivity contribution is -0.198. The summed E-state index contributed by atoms with van der Waals surface area (Å²) >= 11 is 0. The molecule has 5 heteroatoms. The number of benzene rings is 1. The zero-order valence-corrected chi connectivity index (χ0v) is 11.5. The fraction of sp³-hybridized carbons (Fsp3) is 0.500. The van der Waals surface area contributed by atoms with Crippen molar-refractivity contribution < 1.29 is 19.1 Å². The summed E-state index contributed by atoms with van der Waals surface area (Å²) in [5, 5.41) is 1.20. The van der Waals surface area contributed by atoms with Crippen molar-refractivity contribution in [3.8, 4) is 0 Å². The highest BCUT2D eigenvalue weighted by Gasteiger charge is 2.46. The molecule has 1 amide bonds. The second-order valence-corrected chi connectivity index (χ2v) is 4.57. The molecule has 0 saturated carbocycles. The van der Waals surface area contributed by atoms with E-state index in [0.717, 1.165) is 5.56 Å². The SMILES string of the molecule is CON(C)C(=O)C(c1ccccc1)C1(C)OCCO1. The molecule has 104 valence electrons. The quantitative estimate of drug-likeness (QED) is 0.775. The summed E-state index contributed by atoms with van der Waals surface area (Å²) in [6, 6.07) is 9.47. The molecule has 1 saturated heterocycles. The van der Waals surface area contributed by atoms with E-state index in [2.05, 4.69) is 0 Å². The van der Waals surface area contributed by atoms with Gasteiger partial charge >= 0.3 is 0 Å². The summed E-state index contributed by atoms with van der Waals surface area (Å²) in [5.41, 5.74) is 0.848. The molecule has 5 nitrogen and oxygen atoms in total. The maximum atomic E-state index is 12.5. The molecule has 1 aliphatic rings. The molecule has 1 unspecified atom stereocenters. The normalized spacial score (nSPS) is 19.1. The van der Waals surface area contributed by atoms with Gasteiger partial charge in [0, 0.05) is 7.05 Å².